The molecule has 0 N–H and O–H groups in total. The molecule has 0 aromatic carbocycles. The Kier molecular flexibility index (Phi) is 5.68. The van der Waals surface area contributed by atoms with Gasteiger partial charge in [0.2, 0.25) is 5.91 Å². The lowest BCUT2D eigenvalue weighted by molar-refractivity contribution is -0.129. The Morgan fingerprint density at radius 3 is 3.07 bits per heavy atom. The van der Waals surface area contributed by atoms with Gasteiger partial charge >= 0.3 is 0 Å². The lowest BCUT2D eigenvalue weighted by Gasteiger charge is -2.23. The Balaban J connectivity index is 1.49. The molecule has 0 spiro atoms. The Labute approximate surface area is 172 Å². The van der Waals surface area contributed by atoms with Crippen LogP contribution in [0.2, 0.25) is 0 Å². The summed E-state index contributed by atoms with van der Waals surface area (Å²) >= 11 is 3.15. The van der Waals surface area contributed by atoms with Crippen LogP contribution in [0.3, 0.4) is 0 Å². The van der Waals surface area contributed by atoms with Crippen LogP contribution in [0.1, 0.15) is 29.5 Å². The fourth-order valence-electron chi connectivity index (χ4n) is 3.56. The van der Waals surface area contributed by atoms with Crippen LogP contribution in [-0.2, 0) is 11.3 Å². The number of allylic oxidation sites excluding steroid dienone is 1. The van der Waals surface area contributed by atoms with Gasteiger partial charge in [0.25, 0.3) is 0 Å². The molecule has 146 valence electrons. The maximum atomic E-state index is 12.9. The minimum Gasteiger partial charge on any atom is -0.469 e. The second-order valence-corrected chi connectivity index (χ2v) is 8.57. The van der Waals surface area contributed by atoms with E-state index in [4.69, 9.17) is 4.42 Å². The van der Waals surface area contributed by atoms with Crippen LogP contribution in [0.15, 0.2) is 52.1 Å². The van der Waals surface area contributed by atoms with E-state index >= 15 is 0 Å². The summed E-state index contributed by atoms with van der Waals surface area (Å²) in [6, 6.07) is 6.26. The number of thiophene rings is 1. The van der Waals surface area contributed by atoms with Crippen molar-refractivity contribution in [3.63, 3.8) is 0 Å². The van der Waals surface area contributed by atoms with E-state index in [1.54, 1.807) is 23.7 Å². The van der Waals surface area contributed by atoms with Gasteiger partial charge in [-0.1, -0.05) is 23.9 Å². The highest BCUT2D eigenvalue weighted by Gasteiger charge is 2.30. The van der Waals surface area contributed by atoms with Gasteiger partial charge in [-0.25, -0.2) is 0 Å². The van der Waals surface area contributed by atoms with Crippen LogP contribution in [0.25, 0.3) is 11.4 Å². The number of rotatable bonds is 7. The molecule has 0 radical (unpaired) electrons. The van der Waals surface area contributed by atoms with Crippen molar-refractivity contribution in [1.82, 2.24) is 19.7 Å². The van der Waals surface area contributed by atoms with Crippen LogP contribution in [0, 0.1) is 6.92 Å². The second-order valence-electron chi connectivity index (χ2n) is 6.65. The lowest BCUT2D eigenvalue weighted by atomic mass is 10.2. The zero-order valence-electron chi connectivity index (χ0n) is 15.7. The quantitative estimate of drug-likeness (QED) is 0.419. The maximum absolute atomic E-state index is 12.9. The minimum atomic E-state index is 0.148. The van der Waals surface area contributed by atoms with Gasteiger partial charge in [-0.15, -0.1) is 28.1 Å². The highest BCUT2D eigenvalue weighted by molar-refractivity contribution is 7.99. The molecule has 8 heteroatoms. The molecule has 0 saturated carbocycles. The van der Waals surface area contributed by atoms with E-state index < -0.39 is 0 Å². The van der Waals surface area contributed by atoms with Gasteiger partial charge in [0.1, 0.15) is 5.76 Å². The zero-order chi connectivity index (χ0) is 19.5. The predicted molar refractivity (Wildman–Crippen MR) is 111 cm³/mol. The predicted octanol–water partition coefficient (Wildman–Crippen LogP) is 4.55. The van der Waals surface area contributed by atoms with Crippen molar-refractivity contribution in [3.8, 4) is 11.4 Å². The summed E-state index contributed by atoms with van der Waals surface area (Å²) in [5, 5.41) is 11.4. The average molecular weight is 415 g/mol. The fourth-order valence-corrected chi connectivity index (χ4v) is 5.26. The molecule has 0 bridgehead atoms. The Morgan fingerprint density at radius 1 is 1.46 bits per heavy atom. The molecule has 3 aromatic heterocycles. The third-order valence-corrected chi connectivity index (χ3v) is 6.82. The van der Waals surface area contributed by atoms with Crippen molar-refractivity contribution in [1.29, 1.82) is 0 Å². The number of hydrogen-bond acceptors (Lipinski definition) is 6. The second kappa shape index (κ2) is 8.36. The SMILES string of the molecule is C=CCn1c(SCC(=O)N2CCCC2c2cccs2)nnc1-c1ccoc1C. The van der Waals surface area contributed by atoms with Crippen molar-refractivity contribution >= 4 is 29.0 Å². The van der Waals surface area contributed by atoms with E-state index in [0.717, 1.165) is 41.7 Å². The van der Waals surface area contributed by atoms with E-state index in [9.17, 15) is 4.79 Å². The van der Waals surface area contributed by atoms with E-state index in [1.165, 1.54) is 16.6 Å². The van der Waals surface area contributed by atoms with Crippen molar-refractivity contribution in [2.24, 2.45) is 0 Å². The van der Waals surface area contributed by atoms with Gasteiger partial charge in [0.05, 0.1) is 23.6 Å². The number of furan rings is 1. The van der Waals surface area contributed by atoms with Crippen LogP contribution in [0.4, 0.5) is 0 Å². The molecule has 1 aliphatic rings. The zero-order valence-corrected chi connectivity index (χ0v) is 17.3. The van der Waals surface area contributed by atoms with E-state index in [-0.39, 0.29) is 11.9 Å². The van der Waals surface area contributed by atoms with E-state index in [1.807, 2.05) is 28.5 Å². The van der Waals surface area contributed by atoms with Crippen molar-refractivity contribution in [3.05, 3.63) is 53.1 Å². The highest BCUT2D eigenvalue weighted by Crippen LogP contribution is 2.35. The summed E-state index contributed by atoms with van der Waals surface area (Å²) in [5.74, 6) is 2.02. The molecule has 3 aromatic rings. The molecule has 4 heterocycles. The fraction of sp³-hybridized carbons (Fsp3) is 0.350. The Morgan fingerprint density at radius 2 is 2.36 bits per heavy atom. The molecular formula is C20H22N4O2S2. The molecule has 4 rings (SSSR count). The van der Waals surface area contributed by atoms with E-state index in [0.29, 0.717) is 12.3 Å². The number of nitrogens with zero attached hydrogens (tertiary/aromatic N) is 4. The maximum Gasteiger partial charge on any atom is 0.233 e. The molecule has 0 aliphatic carbocycles. The summed E-state index contributed by atoms with van der Waals surface area (Å²) in [6.45, 7) is 7.13. The number of carbonyl (C=O) groups excluding carboxylic acids is 1. The average Bonchev–Trinajstić information content (AvgIpc) is 3.47. The standard InChI is InChI=1S/C20H22N4O2S2/c1-3-9-24-19(15-8-11-26-14(15)2)21-22-20(24)28-13-18(25)23-10-4-6-16(23)17-7-5-12-27-17/h3,5,7-8,11-12,16H,1,4,6,9-10,13H2,2H3. The highest BCUT2D eigenvalue weighted by atomic mass is 32.2. The summed E-state index contributed by atoms with van der Waals surface area (Å²) in [5.41, 5.74) is 0.907. The van der Waals surface area contributed by atoms with Gasteiger partial charge in [0.15, 0.2) is 11.0 Å². The molecule has 1 atom stereocenters. The molecule has 6 nitrogen and oxygen atoms in total. The van der Waals surface area contributed by atoms with Gasteiger partial charge in [-0.3, -0.25) is 9.36 Å². The first kappa shape index (κ1) is 19.0. The van der Waals surface area contributed by atoms with Crippen LogP contribution < -0.4 is 0 Å². The molecular weight excluding hydrogens is 392 g/mol. The Hall–Kier alpha value is -2.32. The number of hydrogen-bond donors (Lipinski definition) is 0. The normalized spacial score (nSPS) is 16.6. The van der Waals surface area contributed by atoms with Crippen LogP contribution in [0.5, 0.6) is 0 Å². The van der Waals surface area contributed by atoms with Gasteiger partial charge < -0.3 is 9.32 Å². The van der Waals surface area contributed by atoms with Gasteiger partial charge in [0, 0.05) is 18.0 Å². The lowest BCUT2D eigenvalue weighted by Crippen LogP contribution is -2.31. The molecule has 28 heavy (non-hydrogen) atoms. The summed E-state index contributed by atoms with van der Waals surface area (Å²) in [4.78, 5) is 16.2. The first-order valence-electron chi connectivity index (χ1n) is 9.23. The number of likely N-dealkylation sites (tertiary alicyclic amines) is 1. The van der Waals surface area contributed by atoms with Crippen molar-refractivity contribution in [2.45, 2.75) is 37.5 Å². The molecule has 1 amide bonds. The van der Waals surface area contributed by atoms with E-state index in [2.05, 4.69) is 28.2 Å². The number of thioether (sulfide) groups is 1. The summed E-state index contributed by atoms with van der Waals surface area (Å²) in [6.07, 6.45) is 5.54. The number of carbonyl (C=O) groups is 1. The smallest absolute Gasteiger partial charge is 0.233 e. The number of aryl methyl sites for hydroxylation is 1. The molecule has 1 saturated heterocycles. The topological polar surface area (TPSA) is 64.2 Å². The minimum absolute atomic E-state index is 0.148. The third-order valence-electron chi connectivity index (χ3n) is 4.90. The largest absolute Gasteiger partial charge is 0.469 e. The molecule has 1 fully saturated rings. The summed E-state index contributed by atoms with van der Waals surface area (Å²) in [7, 11) is 0. The van der Waals surface area contributed by atoms with Crippen LogP contribution >= 0.6 is 23.1 Å². The Bertz CT molecular complexity index is 961. The molecule has 1 aliphatic heterocycles. The van der Waals surface area contributed by atoms with Gasteiger partial charge in [-0.2, -0.15) is 0 Å². The first-order chi connectivity index (χ1) is 13.7. The van der Waals surface area contributed by atoms with Crippen molar-refractivity contribution < 1.29 is 9.21 Å². The number of aromatic nitrogens is 3. The number of amides is 1. The van der Waals surface area contributed by atoms with Crippen LogP contribution in [-0.4, -0.2) is 37.9 Å². The third kappa shape index (κ3) is 3.66. The summed E-state index contributed by atoms with van der Waals surface area (Å²) < 4.78 is 7.38. The van der Waals surface area contributed by atoms with Crippen molar-refractivity contribution in [2.75, 3.05) is 12.3 Å². The molecule has 1 unspecified atom stereocenters. The first-order valence-corrected chi connectivity index (χ1v) is 11.1. The van der Waals surface area contributed by atoms with Gasteiger partial charge in [-0.05, 0) is 37.3 Å². The monoisotopic (exact) mass is 414 g/mol.